The van der Waals surface area contributed by atoms with Gasteiger partial charge in [0.25, 0.3) is 11.8 Å². The molecule has 0 radical (unpaired) electrons. The number of hydrogen-bond acceptors (Lipinski definition) is 5. The van der Waals surface area contributed by atoms with Crippen molar-refractivity contribution in [1.29, 1.82) is 0 Å². The minimum Gasteiger partial charge on any atom is -0.493 e. The normalized spacial score (nSPS) is 11.1. The monoisotopic (exact) mass is 498 g/mol. The number of amides is 2. The van der Waals surface area contributed by atoms with Crippen LogP contribution in [0.15, 0.2) is 102 Å². The molecule has 0 aliphatic carbocycles. The van der Waals surface area contributed by atoms with Crippen molar-refractivity contribution in [2.24, 2.45) is 0 Å². The fraction of sp³-hybridized carbons (Fsp3) is 0.103. The molecule has 36 heavy (non-hydrogen) atoms. The summed E-state index contributed by atoms with van der Waals surface area (Å²) in [6, 6.07) is 27.6. The minimum atomic E-state index is -0.440. The Bertz CT molecular complexity index is 1300. The van der Waals surface area contributed by atoms with Crippen molar-refractivity contribution in [3.63, 3.8) is 0 Å². The van der Waals surface area contributed by atoms with Gasteiger partial charge in [-0.05, 0) is 46.8 Å². The van der Waals surface area contributed by atoms with Crippen molar-refractivity contribution in [3.8, 4) is 11.5 Å². The van der Waals surface area contributed by atoms with E-state index in [0.29, 0.717) is 17.1 Å². The lowest BCUT2D eigenvalue weighted by Gasteiger charge is -2.21. The van der Waals surface area contributed by atoms with Crippen LogP contribution in [-0.4, -0.2) is 26.0 Å². The van der Waals surface area contributed by atoms with Gasteiger partial charge < -0.3 is 20.1 Å². The van der Waals surface area contributed by atoms with Gasteiger partial charge in [-0.2, -0.15) is 0 Å². The summed E-state index contributed by atoms with van der Waals surface area (Å²) in [5.74, 6) is 0.0844. The Morgan fingerprint density at radius 3 is 2.00 bits per heavy atom. The van der Waals surface area contributed by atoms with E-state index in [0.717, 1.165) is 16.0 Å². The summed E-state index contributed by atoms with van der Waals surface area (Å²) in [6.45, 7) is 0. The average Bonchev–Trinajstić information content (AvgIpc) is 3.45. The molecule has 1 heterocycles. The second-order valence-corrected chi connectivity index (χ2v) is 8.80. The van der Waals surface area contributed by atoms with Crippen molar-refractivity contribution < 1.29 is 19.1 Å². The molecule has 2 amide bonds. The lowest BCUT2D eigenvalue weighted by molar-refractivity contribution is -0.118. The number of thiophene rings is 1. The Morgan fingerprint density at radius 2 is 1.44 bits per heavy atom. The maximum absolute atomic E-state index is 13.6. The van der Waals surface area contributed by atoms with Gasteiger partial charge in [-0.1, -0.05) is 66.7 Å². The number of ether oxygens (including phenoxy) is 2. The van der Waals surface area contributed by atoms with Crippen molar-refractivity contribution in [2.75, 3.05) is 14.2 Å². The van der Waals surface area contributed by atoms with Gasteiger partial charge in [-0.25, -0.2) is 0 Å². The highest BCUT2D eigenvalue weighted by Crippen LogP contribution is 2.28. The Hall–Kier alpha value is -4.36. The average molecular weight is 499 g/mol. The molecule has 182 valence electrons. The zero-order chi connectivity index (χ0) is 25.3. The molecule has 0 saturated carbocycles. The van der Waals surface area contributed by atoms with Crippen LogP contribution in [0, 0.1) is 0 Å². The van der Waals surface area contributed by atoms with Gasteiger partial charge in [0, 0.05) is 10.4 Å². The molecule has 4 aromatic rings. The van der Waals surface area contributed by atoms with E-state index in [9.17, 15) is 9.59 Å². The number of benzene rings is 3. The second-order valence-electron chi connectivity index (χ2n) is 7.83. The zero-order valence-electron chi connectivity index (χ0n) is 19.9. The molecule has 0 spiro atoms. The van der Waals surface area contributed by atoms with Crippen LogP contribution < -0.4 is 20.1 Å². The highest BCUT2D eigenvalue weighted by atomic mass is 32.1. The molecule has 3 aromatic carbocycles. The molecule has 0 fully saturated rings. The van der Waals surface area contributed by atoms with Gasteiger partial charge in [0.1, 0.15) is 5.70 Å². The fourth-order valence-electron chi connectivity index (χ4n) is 3.70. The Labute approximate surface area is 214 Å². The third kappa shape index (κ3) is 6.00. The van der Waals surface area contributed by atoms with E-state index in [2.05, 4.69) is 10.6 Å². The fourth-order valence-corrected chi connectivity index (χ4v) is 4.36. The van der Waals surface area contributed by atoms with E-state index in [1.54, 1.807) is 24.3 Å². The molecule has 6 nitrogen and oxygen atoms in total. The first-order chi connectivity index (χ1) is 17.6. The van der Waals surface area contributed by atoms with Crippen molar-refractivity contribution in [1.82, 2.24) is 10.6 Å². The molecule has 7 heteroatoms. The maximum Gasteiger partial charge on any atom is 0.268 e. The quantitative estimate of drug-likeness (QED) is 0.301. The van der Waals surface area contributed by atoms with Crippen LogP contribution in [0.5, 0.6) is 11.5 Å². The molecule has 0 bridgehead atoms. The summed E-state index contributed by atoms with van der Waals surface area (Å²) >= 11 is 1.47. The number of carbonyl (C=O) groups excluding carboxylic acids is 2. The van der Waals surface area contributed by atoms with Crippen molar-refractivity contribution >= 4 is 29.2 Å². The Morgan fingerprint density at radius 1 is 0.806 bits per heavy atom. The summed E-state index contributed by atoms with van der Waals surface area (Å²) in [5.41, 5.74) is 2.33. The highest BCUT2D eigenvalue weighted by molar-refractivity contribution is 7.10. The summed E-state index contributed by atoms with van der Waals surface area (Å²) < 4.78 is 10.6. The van der Waals surface area contributed by atoms with E-state index in [1.807, 2.05) is 78.2 Å². The summed E-state index contributed by atoms with van der Waals surface area (Å²) in [6.07, 6.45) is 1.67. The first kappa shape index (κ1) is 24.8. The summed E-state index contributed by atoms with van der Waals surface area (Å²) in [7, 11) is 3.03. The molecular formula is C29H26N2O4S. The molecular weight excluding hydrogens is 472 g/mol. The molecule has 0 atom stereocenters. The molecule has 0 saturated heterocycles. The van der Waals surface area contributed by atoms with Crippen LogP contribution in [0.1, 0.15) is 32.4 Å². The Balaban J connectivity index is 1.64. The van der Waals surface area contributed by atoms with Gasteiger partial charge in [-0.3, -0.25) is 9.59 Å². The third-order valence-electron chi connectivity index (χ3n) is 5.51. The van der Waals surface area contributed by atoms with Gasteiger partial charge >= 0.3 is 0 Å². The summed E-state index contributed by atoms with van der Waals surface area (Å²) in [4.78, 5) is 27.6. The lowest BCUT2D eigenvalue weighted by atomic mass is 9.98. The predicted molar refractivity (Wildman–Crippen MR) is 142 cm³/mol. The van der Waals surface area contributed by atoms with E-state index < -0.39 is 17.9 Å². The van der Waals surface area contributed by atoms with Gasteiger partial charge in [0.2, 0.25) is 0 Å². The van der Waals surface area contributed by atoms with E-state index >= 15 is 0 Å². The third-order valence-corrected chi connectivity index (χ3v) is 6.33. The standard InChI is InChI=1S/C29H26N2O4S/c1-34-25-16-15-22(18-26(25)35-2)28(32)30-24(19-23-14-9-17-36-23)29(33)31-27(20-10-5-3-6-11-20)21-12-7-4-8-13-21/h3-19,27H,1-2H3,(H,30,32)(H,31,33)/b24-19-. The van der Waals surface area contributed by atoms with Gasteiger partial charge in [-0.15, -0.1) is 11.3 Å². The zero-order valence-corrected chi connectivity index (χ0v) is 20.8. The smallest absolute Gasteiger partial charge is 0.268 e. The molecule has 2 N–H and O–H groups in total. The topological polar surface area (TPSA) is 76.7 Å². The lowest BCUT2D eigenvalue weighted by Crippen LogP contribution is -2.37. The van der Waals surface area contributed by atoms with Crippen LogP contribution in [-0.2, 0) is 4.79 Å². The molecule has 4 rings (SSSR count). The second kappa shape index (κ2) is 11.9. The maximum atomic E-state index is 13.6. The van der Waals surface area contributed by atoms with E-state index in [-0.39, 0.29) is 5.70 Å². The van der Waals surface area contributed by atoms with Crippen LogP contribution >= 0.6 is 11.3 Å². The molecule has 1 aromatic heterocycles. The van der Waals surface area contributed by atoms with Crippen molar-refractivity contribution in [3.05, 3.63) is 124 Å². The van der Waals surface area contributed by atoms with Crippen LogP contribution in [0.2, 0.25) is 0 Å². The van der Waals surface area contributed by atoms with Crippen LogP contribution in [0.4, 0.5) is 0 Å². The Kier molecular flexibility index (Phi) is 8.16. The number of carbonyl (C=O) groups is 2. The van der Waals surface area contributed by atoms with Crippen LogP contribution in [0.3, 0.4) is 0 Å². The number of methoxy groups -OCH3 is 2. The van der Waals surface area contributed by atoms with E-state index in [4.69, 9.17) is 9.47 Å². The van der Waals surface area contributed by atoms with Crippen molar-refractivity contribution in [2.45, 2.75) is 6.04 Å². The van der Waals surface area contributed by atoms with Crippen LogP contribution in [0.25, 0.3) is 6.08 Å². The molecule has 0 unspecified atom stereocenters. The summed E-state index contributed by atoms with van der Waals surface area (Å²) in [5, 5.41) is 7.80. The first-order valence-electron chi connectivity index (χ1n) is 11.3. The van der Waals surface area contributed by atoms with Gasteiger partial charge in [0.05, 0.1) is 20.3 Å². The SMILES string of the molecule is COc1ccc(C(=O)N/C(=C\c2cccs2)C(=O)NC(c2ccccc2)c2ccccc2)cc1OC. The molecule has 0 aliphatic rings. The molecule has 0 aliphatic heterocycles. The van der Waals surface area contributed by atoms with Gasteiger partial charge in [0.15, 0.2) is 11.5 Å². The first-order valence-corrected chi connectivity index (χ1v) is 12.2. The van der Waals surface area contributed by atoms with E-state index in [1.165, 1.54) is 25.6 Å². The number of hydrogen-bond donors (Lipinski definition) is 2. The predicted octanol–water partition coefficient (Wildman–Crippen LogP) is 5.44. The number of nitrogens with one attached hydrogen (secondary N) is 2. The minimum absolute atomic E-state index is 0.133. The largest absolute Gasteiger partial charge is 0.493 e. The highest BCUT2D eigenvalue weighted by Gasteiger charge is 2.21. The number of rotatable bonds is 9.